The quantitative estimate of drug-likeness (QED) is 0.864. The maximum absolute atomic E-state index is 12.8. The number of carbonyl (C=O) groups is 2. The molecule has 0 spiro atoms. The molecule has 5 nitrogen and oxygen atoms in total. The molecule has 2 unspecified atom stereocenters. The lowest BCUT2D eigenvalue weighted by atomic mass is 9.85. The Balaban J connectivity index is 1.90. The number of fused-ring (bicyclic) bond motifs is 1. The van der Waals surface area contributed by atoms with Gasteiger partial charge in [-0.3, -0.25) is 9.69 Å². The number of carboxylic acid groups (broad SMARTS) is 1. The molecule has 1 heterocycles. The molecule has 5 heteroatoms. The highest BCUT2D eigenvalue weighted by molar-refractivity contribution is 6.03. The molecule has 1 fully saturated rings. The zero-order valence-corrected chi connectivity index (χ0v) is 11.9. The van der Waals surface area contributed by atoms with Crippen molar-refractivity contribution in [1.29, 1.82) is 0 Å². The van der Waals surface area contributed by atoms with Crippen molar-refractivity contribution in [2.45, 2.75) is 44.2 Å². The van der Waals surface area contributed by atoms with Crippen LogP contribution in [0.2, 0.25) is 0 Å². The zero-order valence-electron chi connectivity index (χ0n) is 11.9. The average Bonchev–Trinajstić information content (AvgIpc) is 2.86. The highest BCUT2D eigenvalue weighted by Crippen LogP contribution is 2.35. The van der Waals surface area contributed by atoms with E-state index in [4.69, 9.17) is 5.73 Å². The molecule has 3 rings (SSSR count). The van der Waals surface area contributed by atoms with E-state index in [9.17, 15) is 14.7 Å². The van der Waals surface area contributed by atoms with Crippen LogP contribution in [0.3, 0.4) is 0 Å². The molecule has 1 amide bonds. The predicted molar refractivity (Wildman–Crippen MR) is 79.0 cm³/mol. The number of nitrogens with two attached hydrogens (primary N) is 1. The first kappa shape index (κ1) is 14.1. The van der Waals surface area contributed by atoms with Gasteiger partial charge < -0.3 is 10.8 Å². The van der Waals surface area contributed by atoms with Gasteiger partial charge in [-0.05, 0) is 30.9 Å². The van der Waals surface area contributed by atoms with E-state index in [1.54, 1.807) is 0 Å². The summed E-state index contributed by atoms with van der Waals surface area (Å²) in [5.41, 5.74) is 7.64. The third kappa shape index (κ3) is 2.53. The maximum Gasteiger partial charge on any atom is 0.327 e. The highest BCUT2D eigenvalue weighted by Gasteiger charge is 2.41. The lowest BCUT2D eigenvalue weighted by Gasteiger charge is -2.31. The van der Waals surface area contributed by atoms with Crippen molar-refractivity contribution in [3.05, 3.63) is 29.8 Å². The molecule has 3 N–H and O–H groups in total. The van der Waals surface area contributed by atoms with Crippen LogP contribution in [0.15, 0.2) is 24.3 Å². The van der Waals surface area contributed by atoms with E-state index < -0.39 is 12.0 Å². The fourth-order valence-corrected chi connectivity index (χ4v) is 3.50. The average molecular weight is 288 g/mol. The Morgan fingerprint density at radius 3 is 2.71 bits per heavy atom. The second-order valence-corrected chi connectivity index (χ2v) is 6.02. The minimum Gasteiger partial charge on any atom is -0.480 e. The van der Waals surface area contributed by atoms with Gasteiger partial charge in [0, 0.05) is 24.1 Å². The number of hydrogen-bond donors (Lipinski definition) is 2. The summed E-state index contributed by atoms with van der Waals surface area (Å²) in [5.74, 6) is -1.18. The topological polar surface area (TPSA) is 83.6 Å². The highest BCUT2D eigenvalue weighted by atomic mass is 16.4. The maximum atomic E-state index is 12.8. The van der Waals surface area contributed by atoms with Gasteiger partial charge in [0.2, 0.25) is 5.91 Å². The van der Waals surface area contributed by atoms with Crippen LogP contribution in [0.5, 0.6) is 0 Å². The number of nitrogens with zero attached hydrogens (tertiary/aromatic N) is 1. The van der Waals surface area contributed by atoms with Gasteiger partial charge in [-0.2, -0.15) is 0 Å². The molecule has 3 atom stereocenters. The number of para-hydroxylation sites is 1. The first-order valence-corrected chi connectivity index (χ1v) is 7.47. The SMILES string of the molecule is NC1CCCC(C(=O)N2c3ccccc3C[C@H]2C(=O)O)C1. The van der Waals surface area contributed by atoms with Gasteiger partial charge in [0.05, 0.1) is 0 Å². The Morgan fingerprint density at radius 1 is 1.24 bits per heavy atom. The van der Waals surface area contributed by atoms with Crippen LogP contribution in [-0.2, 0) is 16.0 Å². The van der Waals surface area contributed by atoms with Gasteiger partial charge in [0.15, 0.2) is 0 Å². The summed E-state index contributed by atoms with van der Waals surface area (Å²) in [5, 5.41) is 9.44. The van der Waals surface area contributed by atoms with Crippen LogP contribution in [0, 0.1) is 5.92 Å². The number of carbonyl (C=O) groups excluding carboxylic acids is 1. The van der Waals surface area contributed by atoms with Gasteiger partial charge in [0.25, 0.3) is 0 Å². The van der Waals surface area contributed by atoms with E-state index in [2.05, 4.69) is 0 Å². The van der Waals surface area contributed by atoms with Crippen LogP contribution >= 0.6 is 0 Å². The minimum absolute atomic E-state index is 0.0498. The number of amides is 1. The van der Waals surface area contributed by atoms with Crippen LogP contribution in [0.4, 0.5) is 5.69 Å². The second kappa shape index (κ2) is 5.48. The summed E-state index contributed by atoms with van der Waals surface area (Å²) < 4.78 is 0. The normalized spacial score (nSPS) is 28.2. The number of benzene rings is 1. The number of anilines is 1. The van der Waals surface area contributed by atoms with Crippen molar-refractivity contribution in [3.63, 3.8) is 0 Å². The molecule has 1 aromatic carbocycles. The summed E-state index contributed by atoms with van der Waals surface area (Å²) in [6, 6.07) is 6.71. The lowest BCUT2D eigenvalue weighted by Crippen LogP contribution is -2.47. The van der Waals surface area contributed by atoms with Crippen molar-refractivity contribution < 1.29 is 14.7 Å². The zero-order chi connectivity index (χ0) is 15.0. The molecular weight excluding hydrogens is 268 g/mol. The van der Waals surface area contributed by atoms with Gasteiger partial charge in [-0.1, -0.05) is 24.6 Å². The molecule has 112 valence electrons. The van der Waals surface area contributed by atoms with Crippen molar-refractivity contribution in [2.24, 2.45) is 11.7 Å². The van der Waals surface area contributed by atoms with E-state index in [-0.39, 0.29) is 17.9 Å². The smallest absolute Gasteiger partial charge is 0.327 e. The molecule has 1 aromatic rings. The largest absolute Gasteiger partial charge is 0.480 e. The third-order valence-corrected chi connectivity index (χ3v) is 4.56. The number of hydrogen-bond acceptors (Lipinski definition) is 3. The number of aliphatic carboxylic acids is 1. The molecule has 0 saturated heterocycles. The second-order valence-electron chi connectivity index (χ2n) is 6.02. The van der Waals surface area contributed by atoms with Crippen LogP contribution < -0.4 is 10.6 Å². The lowest BCUT2D eigenvalue weighted by molar-refractivity contribution is -0.140. The summed E-state index contributed by atoms with van der Waals surface area (Å²) in [7, 11) is 0. The number of carboxylic acids is 1. The molecule has 1 aliphatic heterocycles. The Morgan fingerprint density at radius 2 is 2.00 bits per heavy atom. The fourth-order valence-electron chi connectivity index (χ4n) is 3.50. The van der Waals surface area contributed by atoms with E-state index in [1.807, 2.05) is 24.3 Å². The van der Waals surface area contributed by atoms with Crippen LogP contribution in [0.25, 0.3) is 0 Å². The van der Waals surface area contributed by atoms with E-state index in [0.29, 0.717) is 12.8 Å². The van der Waals surface area contributed by atoms with E-state index in [0.717, 1.165) is 30.5 Å². The molecule has 0 radical (unpaired) electrons. The summed E-state index contributed by atoms with van der Waals surface area (Å²) in [4.78, 5) is 25.8. The molecule has 21 heavy (non-hydrogen) atoms. The van der Waals surface area contributed by atoms with Crippen LogP contribution in [0.1, 0.15) is 31.2 Å². The Labute approximate surface area is 123 Å². The van der Waals surface area contributed by atoms with Crippen molar-refractivity contribution in [1.82, 2.24) is 0 Å². The third-order valence-electron chi connectivity index (χ3n) is 4.56. The van der Waals surface area contributed by atoms with Gasteiger partial charge in [-0.25, -0.2) is 4.79 Å². The molecule has 0 bridgehead atoms. The predicted octanol–water partition coefficient (Wildman–Crippen LogP) is 1.55. The summed E-state index contributed by atoms with van der Waals surface area (Å²) in [6.07, 6.45) is 3.73. The van der Waals surface area contributed by atoms with Crippen LogP contribution in [-0.4, -0.2) is 29.1 Å². The minimum atomic E-state index is -0.945. The Bertz CT molecular complexity index is 572. The van der Waals surface area contributed by atoms with Crippen molar-refractivity contribution >= 4 is 17.6 Å². The van der Waals surface area contributed by atoms with Crippen molar-refractivity contribution in [2.75, 3.05) is 4.90 Å². The monoisotopic (exact) mass is 288 g/mol. The van der Waals surface area contributed by atoms with Crippen molar-refractivity contribution in [3.8, 4) is 0 Å². The molecule has 1 saturated carbocycles. The molecule has 0 aromatic heterocycles. The van der Waals surface area contributed by atoms with Gasteiger partial charge in [-0.15, -0.1) is 0 Å². The molecule has 1 aliphatic carbocycles. The fraction of sp³-hybridized carbons (Fsp3) is 0.500. The van der Waals surface area contributed by atoms with Gasteiger partial charge >= 0.3 is 5.97 Å². The molecule has 2 aliphatic rings. The summed E-state index contributed by atoms with van der Waals surface area (Å²) >= 11 is 0. The first-order chi connectivity index (χ1) is 10.1. The summed E-state index contributed by atoms with van der Waals surface area (Å²) in [6.45, 7) is 0. The Hall–Kier alpha value is -1.88. The Kier molecular flexibility index (Phi) is 3.68. The van der Waals surface area contributed by atoms with Gasteiger partial charge in [0.1, 0.15) is 6.04 Å². The van der Waals surface area contributed by atoms with E-state index >= 15 is 0 Å². The van der Waals surface area contributed by atoms with E-state index in [1.165, 1.54) is 4.90 Å². The first-order valence-electron chi connectivity index (χ1n) is 7.47. The molecular formula is C16H20N2O3. The standard InChI is InChI=1S/C16H20N2O3/c17-12-6-3-5-11(8-12)15(19)18-13-7-2-1-4-10(13)9-14(18)16(20)21/h1-2,4,7,11-12,14H,3,5-6,8-9,17H2,(H,20,21)/t11?,12?,14-/m0/s1. The number of rotatable bonds is 2.